The maximum atomic E-state index is 11.9. The van der Waals surface area contributed by atoms with Gasteiger partial charge in [-0.25, -0.2) is 0 Å². The predicted molar refractivity (Wildman–Crippen MR) is 60.2 cm³/mol. The minimum atomic E-state index is -1.11. The van der Waals surface area contributed by atoms with Crippen molar-refractivity contribution in [2.45, 2.75) is 23.5 Å². The Bertz CT molecular complexity index is 386. The molecule has 2 atom stereocenters. The summed E-state index contributed by atoms with van der Waals surface area (Å²) in [6, 6.07) is 9.42. The van der Waals surface area contributed by atoms with Gasteiger partial charge in [0.05, 0.1) is 21.8 Å². The molecule has 0 fully saturated rings. The average molecular weight is 272 g/mol. The first-order valence-corrected chi connectivity index (χ1v) is 6.19. The molecule has 0 aromatic heterocycles. The molecule has 74 valence electrons. The number of hydrogen-bond donors (Lipinski definition) is 0. The summed E-state index contributed by atoms with van der Waals surface area (Å²) in [6.07, 6.45) is 0.313. The number of rotatable bonds is 3. The van der Waals surface area contributed by atoms with Crippen molar-refractivity contribution in [1.82, 2.24) is 0 Å². The van der Waals surface area contributed by atoms with E-state index in [4.69, 9.17) is 5.26 Å². The second-order valence-corrected chi connectivity index (χ2v) is 5.59. The van der Waals surface area contributed by atoms with Gasteiger partial charge >= 0.3 is 0 Å². The summed E-state index contributed by atoms with van der Waals surface area (Å²) in [5, 5.41) is 8.38. The molecule has 0 spiro atoms. The second kappa shape index (κ2) is 5.28. The Balaban J connectivity index is 2.91. The molecule has 0 heterocycles. The van der Waals surface area contributed by atoms with Crippen molar-refractivity contribution in [1.29, 1.82) is 5.26 Å². The summed E-state index contributed by atoms with van der Waals surface area (Å²) < 4.78 is 12.7. The minimum Gasteiger partial charge on any atom is -0.254 e. The van der Waals surface area contributed by atoms with Crippen molar-refractivity contribution in [3.05, 3.63) is 28.7 Å². The number of benzene rings is 1. The summed E-state index contributed by atoms with van der Waals surface area (Å²) in [7, 11) is -1.11. The van der Waals surface area contributed by atoms with E-state index in [1.807, 2.05) is 37.3 Å². The topological polar surface area (TPSA) is 40.9 Å². The predicted octanol–water partition coefficient (Wildman–Crippen LogP) is 2.86. The Morgan fingerprint density at radius 3 is 2.79 bits per heavy atom. The highest BCUT2D eigenvalue weighted by Gasteiger charge is 2.14. The van der Waals surface area contributed by atoms with Crippen LogP contribution >= 0.6 is 15.9 Å². The van der Waals surface area contributed by atoms with Crippen molar-refractivity contribution in [3.63, 3.8) is 0 Å². The third-order valence-corrected chi connectivity index (χ3v) is 4.44. The van der Waals surface area contributed by atoms with Crippen LogP contribution in [0.3, 0.4) is 0 Å². The Hall–Kier alpha value is -0.660. The molecule has 2 nitrogen and oxygen atoms in total. The van der Waals surface area contributed by atoms with E-state index in [0.717, 1.165) is 9.37 Å². The second-order valence-electron chi connectivity index (χ2n) is 2.90. The molecule has 4 heteroatoms. The first-order valence-electron chi connectivity index (χ1n) is 4.19. The van der Waals surface area contributed by atoms with Crippen molar-refractivity contribution in [3.8, 4) is 6.07 Å². The summed E-state index contributed by atoms with van der Waals surface area (Å²) in [6.45, 7) is 1.82. The molecule has 0 radical (unpaired) electrons. The van der Waals surface area contributed by atoms with Crippen molar-refractivity contribution < 1.29 is 4.21 Å². The number of nitrogens with zero attached hydrogens (tertiary/aromatic N) is 1. The summed E-state index contributed by atoms with van der Waals surface area (Å²) in [5.74, 6) is 0. The number of nitriles is 1. The highest BCUT2D eigenvalue weighted by molar-refractivity contribution is 9.10. The molecular weight excluding hydrogens is 262 g/mol. The highest BCUT2D eigenvalue weighted by atomic mass is 79.9. The van der Waals surface area contributed by atoms with E-state index in [-0.39, 0.29) is 5.25 Å². The quantitative estimate of drug-likeness (QED) is 0.848. The van der Waals surface area contributed by atoms with Gasteiger partial charge in [-0.15, -0.1) is 0 Å². The van der Waals surface area contributed by atoms with Crippen LogP contribution < -0.4 is 0 Å². The fourth-order valence-electron chi connectivity index (χ4n) is 1.03. The van der Waals surface area contributed by atoms with E-state index in [0.29, 0.717) is 6.42 Å². The molecule has 0 aliphatic rings. The molecule has 0 saturated heterocycles. The van der Waals surface area contributed by atoms with Crippen LogP contribution in [0.1, 0.15) is 13.3 Å². The smallest absolute Gasteiger partial charge is 0.0634 e. The van der Waals surface area contributed by atoms with E-state index in [2.05, 4.69) is 15.9 Å². The zero-order valence-electron chi connectivity index (χ0n) is 7.74. The maximum Gasteiger partial charge on any atom is 0.0634 e. The zero-order valence-corrected chi connectivity index (χ0v) is 10.1. The van der Waals surface area contributed by atoms with Crippen LogP contribution in [0, 0.1) is 11.3 Å². The molecule has 0 aliphatic carbocycles. The zero-order chi connectivity index (χ0) is 10.6. The fraction of sp³-hybridized carbons (Fsp3) is 0.300. The SMILES string of the molecule is CC(CC#N)S(=O)c1ccccc1Br. The van der Waals surface area contributed by atoms with Gasteiger partial charge in [0.1, 0.15) is 0 Å². The van der Waals surface area contributed by atoms with Gasteiger partial charge < -0.3 is 0 Å². The third kappa shape index (κ3) is 2.66. The van der Waals surface area contributed by atoms with Crippen molar-refractivity contribution in [2.24, 2.45) is 0 Å². The lowest BCUT2D eigenvalue weighted by molar-refractivity contribution is 0.673. The molecular formula is C10H10BrNOS. The van der Waals surface area contributed by atoms with Crippen molar-refractivity contribution in [2.75, 3.05) is 0 Å². The normalized spacial score (nSPS) is 14.4. The monoisotopic (exact) mass is 271 g/mol. The standard InChI is InChI=1S/C10H10BrNOS/c1-8(6-7-12)14(13)10-5-3-2-4-9(10)11/h2-5,8H,6H2,1H3. The van der Waals surface area contributed by atoms with Gasteiger partial charge in [0.15, 0.2) is 0 Å². The molecule has 14 heavy (non-hydrogen) atoms. The maximum absolute atomic E-state index is 11.9. The van der Waals surface area contributed by atoms with E-state index in [1.54, 1.807) is 0 Å². The number of hydrogen-bond acceptors (Lipinski definition) is 2. The van der Waals surface area contributed by atoms with Crippen LogP contribution in [0.15, 0.2) is 33.6 Å². The highest BCUT2D eigenvalue weighted by Crippen LogP contribution is 2.22. The van der Waals surface area contributed by atoms with Gasteiger partial charge in [-0.05, 0) is 35.0 Å². The summed E-state index contributed by atoms with van der Waals surface area (Å²) in [5.41, 5.74) is 0. The molecule has 1 aromatic rings. The Morgan fingerprint density at radius 1 is 1.57 bits per heavy atom. The molecule has 0 saturated carbocycles. The van der Waals surface area contributed by atoms with Crippen LogP contribution in [0.25, 0.3) is 0 Å². The Labute approximate surface area is 94.5 Å². The van der Waals surface area contributed by atoms with E-state index >= 15 is 0 Å². The molecule has 1 aromatic carbocycles. The first kappa shape index (κ1) is 11.4. The lowest BCUT2D eigenvalue weighted by Gasteiger charge is -2.08. The summed E-state index contributed by atoms with van der Waals surface area (Å²) >= 11 is 3.34. The third-order valence-electron chi connectivity index (χ3n) is 1.80. The van der Waals surface area contributed by atoms with E-state index < -0.39 is 10.8 Å². The van der Waals surface area contributed by atoms with Gasteiger partial charge in [-0.2, -0.15) is 5.26 Å². The lowest BCUT2D eigenvalue weighted by atomic mass is 10.4. The average Bonchev–Trinajstić information content (AvgIpc) is 2.18. The van der Waals surface area contributed by atoms with Crippen LogP contribution in [-0.4, -0.2) is 9.46 Å². The molecule has 2 unspecified atom stereocenters. The molecule has 0 bridgehead atoms. The van der Waals surface area contributed by atoms with Gasteiger partial charge in [-0.1, -0.05) is 12.1 Å². The molecule has 0 N–H and O–H groups in total. The lowest BCUT2D eigenvalue weighted by Crippen LogP contribution is -2.10. The van der Waals surface area contributed by atoms with Gasteiger partial charge in [0, 0.05) is 16.1 Å². The Morgan fingerprint density at radius 2 is 2.21 bits per heavy atom. The van der Waals surface area contributed by atoms with Crippen molar-refractivity contribution >= 4 is 26.7 Å². The fourth-order valence-corrected chi connectivity index (χ4v) is 2.92. The van der Waals surface area contributed by atoms with Crippen LogP contribution in [0.5, 0.6) is 0 Å². The summed E-state index contributed by atoms with van der Waals surface area (Å²) in [4.78, 5) is 0.759. The van der Waals surface area contributed by atoms with Crippen LogP contribution in [0.4, 0.5) is 0 Å². The van der Waals surface area contributed by atoms with Gasteiger partial charge in [0.2, 0.25) is 0 Å². The van der Waals surface area contributed by atoms with Crippen LogP contribution in [0.2, 0.25) is 0 Å². The van der Waals surface area contributed by atoms with Crippen LogP contribution in [-0.2, 0) is 10.8 Å². The minimum absolute atomic E-state index is 0.126. The van der Waals surface area contributed by atoms with Gasteiger partial charge in [0.25, 0.3) is 0 Å². The molecule has 1 rings (SSSR count). The van der Waals surface area contributed by atoms with Gasteiger partial charge in [-0.3, -0.25) is 4.21 Å². The van der Waals surface area contributed by atoms with E-state index in [1.165, 1.54) is 0 Å². The number of halogens is 1. The van der Waals surface area contributed by atoms with E-state index in [9.17, 15) is 4.21 Å². The molecule has 0 aliphatic heterocycles. The Kier molecular flexibility index (Phi) is 4.30. The largest absolute Gasteiger partial charge is 0.254 e. The molecule has 0 amide bonds. The first-order chi connectivity index (χ1) is 6.66.